The number of hydrogen-bond donors (Lipinski definition) is 2. The van der Waals surface area contributed by atoms with Crippen LogP contribution in [0, 0.1) is 5.92 Å². The van der Waals surface area contributed by atoms with Crippen LogP contribution in [0.15, 0.2) is 5.16 Å². The lowest BCUT2D eigenvalue weighted by Crippen LogP contribution is -2.42. The summed E-state index contributed by atoms with van der Waals surface area (Å²) in [4.78, 5) is 14.1. The molecule has 0 aromatic rings. The average Bonchev–Trinajstić information content (AvgIpc) is 2.79. The lowest BCUT2D eigenvalue weighted by Gasteiger charge is -2.27. The first-order valence-corrected chi connectivity index (χ1v) is 6.84. The van der Waals surface area contributed by atoms with Gasteiger partial charge in [-0.05, 0) is 25.7 Å². The molecular formula is C13H25N3O3. The molecule has 2 atom stereocenters. The molecule has 0 saturated carbocycles. The minimum atomic E-state index is -0.332. The van der Waals surface area contributed by atoms with Crippen molar-refractivity contribution in [2.75, 3.05) is 13.1 Å². The standard InChI is InChI=1S/C13H25N3O3/c1-9(2)8-16(7-6-12(14)15-18)13(17)11-5-4-10(3)19-11/h9-11,18H,4-8H2,1-3H3,(H2,14,15). The van der Waals surface area contributed by atoms with Crippen LogP contribution in [-0.4, -0.2) is 47.1 Å². The van der Waals surface area contributed by atoms with Crippen LogP contribution in [0.25, 0.3) is 0 Å². The van der Waals surface area contributed by atoms with Gasteiger partial charge in [0, 0.05) is 19.5 Å². The summed E-state index contributed by atoms with van der Waals surface area (Å²) in [6, 6.07) is 0. The molecule has 1 heterocycles. The van der Waals surface area contributed by atoms with E-state index in [0.717, 1.165) is 12.8 Å². The van der Waals surface area contributed by atoms with E-state index in [1.54, 1.807) is 4.90 Å². The Morgan fingerprint density at radius 1 is 1.53 bits per heavy atom. The van der Waals surface area contributed by atoms with Crippen LogP contribution in [0.2, 0.25) is 0 Å². The number of amidine groups is 1. The summed E-state index contributed by atoms with van der Waals surface area (Å²) in [5.41, 5.74) is 5.46. The lowest BCUT2D eigenvalue weighted by molar-refractivity contribution is -0.143. The van der Waals surface area contributed by atoms with Gasteiger partial charge in [0.15, 0.2) is 0 Å². The van der Waals surface area contributed by atoms with Gasteiger partial charge in [0.1, 0.15) is 11.9 Å². The molecule has 0 aromatic heterocycles. The number of oxime groups is 1. The molecule has 0 aliphatic carbocycles. The molecule has 6 heteroatoms. The fourth-order valence-corrected chi connectivity index (χ4v) is 2.22. The first kappa shape index (κ1) is 15.8. The Kier molecular flexibility index (Phi) is 6.08. The SMILES string of the molecule is CC(C)CN(CCC(N)=NO)C(=O)C1CCC(C)O1. The van der Waals surface area contributed by atoms with Crippen molar-refractivity contribution in [1.29, 1.82) is 0 Å². The van der Waals surface area contributed by atoms with E-state index in [1.807, 2.05) is 6.92 Å². The predicted octanol–water partition coefficient (Wildman–Crippen LogP) is 1.18. The van der Waals surface area contributed by atoms with Gasteiger partial charge in [-0.2, -0.15) is 0 Å². The zero-order valence-corrected chi connectivity index (χ0v) is 12.0. The van der Waals surface area contributed by atoms with Crippen LogP contribution in [0.4, 0.5) is 0 Å². The van der Waals surface area contributed by atoms with Crippen molar-refractivity contribution in [2.45, 2.75) is 52.2 Å². The molecule has 1 aliphatic heterocycles. The highest BCUT2D eigenvalue weighted by Gasteiger charge is 2.31. The molecule has 1 fully saturated rings. The maximum Gasteiger partial charge on any atom is 0.251 e. The van der Waals surface area contributed by atoms with Crippen LogP contribution in [0.3, 0.4) is 0 Å². The van der Waals surface area contributed by atoms with E-state index in [-0.39, 0.29) is 24.0 Å². The highest BCUT2D eigenvalue weighted by Crippen LogP contribution is 2.21. The summed E-state index contributed by atoms with van der Waals surface area (Å²) >= 11 is 0. The second kappa shape index (κ2) is 7.33. The van der Waals surface area contributed by atoms with Crippen LogP contribution >= 0.6 is 0 Å². The van der Waals surface area contributed by atoms with Gasteiger partial charge in [0.05, 0.1) is 6.10 Å². The van der Waals surface area contributed by atoms with E-state index in [4.69, 9.17) is 15.7 Å². The van der Waals surface area contributed by atoms with Gasteiger partial charge in [-0.15, -0.1) is 0 Å². The Labute approximate surface area is 114 Å². The third-order valence-electron chi connectivity index (χ3n) is 3.17. The molecule has 2 unspecified atom stereocenters. The highest BCUT2D eigenvalue weighted by molar-refractivity contribution is 5.83. The van der Waals surface area contributed by atoms with E-state index in [9.17, 15) is 4.79 Å². The van der Waals surface area contributed by atoms with E-state index in [1.165, 1.54) is 0 Å². The maximum atomic E-state index is 12.4. The zero-order valence-electron chi connectivity index (χ0n) is 12.0. The zero-order chi connectivity index (χ0) is 14.4. The second-order valence-electron chi connectivity index (χ2n) is 5.53. The Morgan fingerprint density at radius 2 is 2.21 bits per heavy atom. The van der Waals surface area contributed by atoms with Gasteiger partial charge in [-0.3, -0.25) is 4.79 Å². The molecular weight excluding hydrogens is 246 g/mol. The molecule has 0 aromatic carbocycles. The molecule has 3 N–H and O–H groups in total. The number of carbonyl (C=O) groups excluding carboxylic acids is 1. The van der Waals surface area contributed by atoms with Gasteiger partial charge in [-0.1, -0.05) is 19.0 Å². The number of nitrogens with two attached hydrogens (primary N) is 1. The molecule has 1 saturated heterocycles. The van der Waals surface area contributed by atoms with Crippen LogP contribution < -0.4 is 5.73 Å². The maximum absolute atomic E-state index is 12.4. The van der Waals surface area contributed by atoms with E-state index >= 15 is 0 Å². The molecule has 110 valence electrons. The van der Waals surface area contributed by atoms with Gasteiger partial charge >= 0.3 is 0 Å². The molecule has 19 heavy (non-hydrogen) atoms. The number of ether oxygens (including phenoxy) is 1. The number of rotatable bonds is 6. The van der Waals surface area contributed by atoms with Crippen molar-refractivity contribution in [1.82, 2.24) is 4.90 Å². The molecule has 1 amide bonds. The van der Waals surface area contributed by atoms with Crippen LogP contribution in [0.1, 0.15) is 40.0 Å². The van der Waals surface area contributed by atoms with Gasteiger partial charge in [0.2, 0.25) is 0 Å². The monoisotopic (exact) mass is 271 g/mol. The van der Waals surface area contributed by atoms with Crippen molar-refractivity contribution in [3.63, 3.8) is 0 Å². The Bertz CT molecular complexity index is 331. The number of amides is 1. The largest absolute Gasteiger partial charge is 0.409 e. The third-order valence-corrected chi connectivity index (χ3v) is 3.17. The quantitative estimate of drug-likeness (QED) is 0.328. The predicted molar refractivity (Wildman–Crippen MR) is 73.0 cm³/mol. The second-order valence-corrected chi connectivity index (χ2v) is 5.53. The molecule has 0 bridgehead atoms. The minimum absolute atomic E-state index is 0.0174. The van der Waals surface area contributed by atoms with Crippen LogP contribution in [-0.2, 0) is 9.53 Å². The van der Waals surface area contributed by atoms with Crippen molar-refractivity contribution in [2.24, 2.45) is 16.8 Å². The van der Waals surface area contributed by atoms with Crippen molar-refractivity contribution >= 4 is 11.7 Å². The van der Waals surface area contributed by atoms with Crippen molar-refractivity contribution in [3.8, 4) is 0 Å². The molecule has 1 aliphatic rings. The van der Waals surface area contributed by atoms with Gasteiger partial charge in [0.25, 0.3) is 5.91 Å². The Balaban J connectivity index is 2.59. The fourth-order valence-electron chi connectivity index (χ4n) is 2.22. The highest BCUT2D eigenvalue weighted by atomic mass is 16.5. The topological polar surface area (TPSA) is 88.1 Å². The minimum Gasteiger partial charge on any atom is -0.409 e. The normalized spacial score (nSPS) is 23.9. The van der Waals surface area contributed by atoms with Crippen LogP contribution in [0.5, 0.6) is 0 Å². The number of hydrogen-bond acceptors (Lipinski definition) is 4. The third kappa shape index (κ3) is 5.06. The van der Waals surface area contributed by atoms with Crippen molar-refractivity contribution < 1.29 is 14.7 Å². The summed E-state index contributed by atoms with van der Waals surface area (Å²) in [6.07, 6.45) is 1.89. The Hall–Kier alpha value is -1.30. The smallest absolute Gasteiger partial charge is 0.251 e. The molecule has 6 nitrogen and oxygen atoms in total. The molecule has 0 radical (unpaired) electrons. The summed E-state index contributed by atoms with van der Waals surface area (Å²) < 4.78 is 5.62. The van der Waals surface area contributed by atoms with Crippen molar-refractivity contribution in [3.05, 3.63) is 0 Å². The fraction of sp³-hybridized carbons (Fsp3) is 0.846. The molecule has 1 rings (SSSR count). The van der Waals surface area contributed by atoms with Gasteiger partial charge in [-0.25, -0.2) is 0 Å². The lowest BCUT2D eigenvalue weighted by atomic mass is 10.1. The van der Waals surface area contributed by atoms with Gasteiger partial charge < -0.3 is 20.6 Å². The van der Waals surface area contributed by atoms with E-state index in [0.29, 0.717) is 25.4 Å². The summed E-state index contributed by atoms with van der Waals surface area (Å²) in [5, 5.41) is 11.5. The summed E-state index contributed by atoms with van der Waals surface area (Å²) in [7, 11) is 0. The van der Waals surface area contributed by atoms with E-state index < -0.39 is 0 Å². The number of carbonyl (C=O) groups is 1. The molecule has 0 spiro atoms. The average molecular weight is 271 g/mol. The summed E-state index contributed by atoms with van der Waals surface area (Å²) in [6.45, 7) is 7.22. The first-order chi connectivity index (χ1) is 8.93. The first-order valence-electron chi connectivity index (χ1n) is 6.84. The van der Waals surface area contributed by atoms with E-state index in [2.05, 4.69) is 19.0 Å². The number of nitrogens with zero attached hydrogens (tertiary/aromatic N) is 2. The summed E-state index contributed by atoms with van der Waals surface area (Å²) in [5.74, 6) is 0.529. The Morgan fingerprint density at radius 3 is 2.68 bits per heavy atom.